The molecule has 0 saturated heterocycles. The number of amides is 1. The smallest absolute Gasteiger partial charge is 0.261 e. The molecule has 1 heterocycles. The topological polar surface area (TPSA) is 83.8 Å². The number of nitrogens with two attached hydrogens (primary N) is 1. The summed E-state index contributed by atoms with van der Waals surface area (Å²) in [5.41, 5.74) is 6.28. The van der Waals surface area contributed by atoms with Crippen LogP contribution >= 0.6 is 23.2 Å². The second kappa shape index (κ2) is 4.65. The number of carbonyl (C=O) groups is 1. The lowest BCUT2D eigenvalue weighted by Gasteiger charge is -2.05. The summed E-state index contributed by atoms with van der Waals surface area (Å²) in [5.74, 6) is -0.176. The third-order valence-corrected chi connectivity index (χ3v) is 2.47. The molecular weight excluding hydrogens is 263 g/mol. The zero-order valence-corrected chi connectivity index (χ0v) is 10.0. The number of benzene rings is 1. The Labute approximate surface area is 107 Å². The fourth-order valence-corrected chi connectivity index (χ4v) is 1.83. The second-order valence-corrected chi connectivity index (χ2v) is 4.18. The highest BCUT2D eigenvalue weighted by Gasteiger charge is 2.12. The molecule has 0 radical (unpaired) electrons. The highest BCUT2D eigenvalue weighted by Crippen LogP contribution is 2.23. The number of aromatic nitrogens is 2. The molecule has 0 fully saturated rings. The number of nitrogen functional groups attached to an aromatic ring is 1. The van der Waals surface area contributed by atoms with Crippen molar-refractivity contribution in [2.45, 2.75) is 0 Å². The first kappa shape index (κ1) is 11.8. The molecule has 7 heteroatoms. The van der Waals surface area contributed by atoms with Gasteiger partial charge in [0.2, 0.25) is 0 Å². The number of rotatable bonds is 2. The molecule has 0 bridgehead atoms. The van der Waals surface area contributed by atoms with E-state index in [2.05, 4.69) is 15.5 Å². The number of hydrogen-bond acceptors (Lipinski definition) is 3. The van der Waals surface area contributed by atoms with Crippen LogP contribution in [0.2, 0.25) is 10.0 Å². The largest absolute Gasteiger partial charge is 0.383 e. The first-order valence-corrected chi connectivity index (χ1v) is 5.38. The fourth-order valence-electron chi connectivity index (χ4n) is 1.30. The Morgan fingerprint density at radius 2 is 1.94 bits per heavy atom. The Morgan fingerprint density at radius 3 is 2.47 bits per heavy atom. The molecule has 0 aliphatic rings. The summed E-state index contributed by atoms with van der Waals surface area (Å²) in [6.07, 6.45) is 1.34. The van der Waals surface area contributed by atoms with E-state index >= 15 is 0 Å². The van der Waals surface area contributed by atoms with Crippen LogP contribution in [0.15, 0.2) is 24.4 Å². The summed E-state index contributed by atoms with van der Waals surface area (Å²) >= 11 is 11.6. The van der Waals surface area contributed by atoms with Crippen LogP contribution in [0.1, 0.15) is 10.4 Å². The van der Waals surface area contributed by atoms with Gasteiger partial charge in [0.25, 0.3) is 5.91 Å². The molecule has 1 aromatic heterocycles. The van der Waals surface area contributed by atoms with Gasteiger partial charge in [0.1, 0.15) is 11.4 Å². The monoisotopic (exact) mass is 270 g/mol. The molecule has 0 unspecified atom stereocenters. The lowest BCUT2D eigenvalue weighted by Crippen LogP contribution is -2.12. The van der Waals surface area contributed by atoms with Crippen molar-refractivity contribution in [2.24, 2.45) is 0 Å². The summed E-state index contributed by atoms with van der Waals surface area (Å²) in [4.78, 5) is 11.8. The van der Waals surface area contributed by atoms with Crippen molar-refractivity contribution in [2.75, 3.05) is 11.1 Å². The van der Waals surface area contributed by atoms with Crippen molar-refractivity contribution in [1.29, 1.82) is 0 Å². The number of H-pyrrole nitrogens is 1. The normalized spacial score (nSPS) is 10.2. The molecule has 1 aromatic carbocycles. The van der Waals surface area contributed by atoms with Gasteiger partial charge in [-0.2, -0.15) is 5.10 Å². The van der Waals surface area contributed by atoms with E-state index in [0.29, 0.717) is 15.7 Å². The maximum Gasteiger partial charge on any atom is 0.261 e. The average Bonchev–Trinajstić information content (AvgIpc) is 2.62. The van der Waals surface area contributed by atoms with E-state index in [-0.39, 0.29) is 17.3 Å². The predicted octanol–water partition coefficient (Wildman–Crippen LogP) is 2.55. The van der Waals surface area contributed by atoms with Gasteiger partial charge in [0.15, 0.2) is 0 Å². The van der Waals surface area contributed by atoms with E-state index in [1.807, 2.05) is 0 Å². The number of anilines is 2. The molecule has 2 rings (SSSR count). The van der Waals surface area contributed by atoms with Crippen LogP contribution in [0.25, 0.3) is 0 Å². The Morgan fingerprint density at radius 1 is 1.29 bits per heavy atom. The maximum absolute atomic E-state index is 11.8. The van der Waals surface area contributed by atoms with Gasteiger partial charge in [-0.15, -0.1) is 0 Å². The van der Waals surface area contributed by atoms with Gasteiger partial charge >= 0.3 is 0 Å². The van der Waals surface area contributed by atoms with E-state index in [4.69, 9.17) is 28.9 Å². The molecule has 0 spiro atoms. The van der Waals surface area contributed by atoms with E-state index < -0.39 is 0 Å². The van der Waals surface area contributed by atoms with Crippen LogP contribution in [-0.2, 0) is 0 Å². The minimum absolute atomic E-state index is 0.204. The maximum atomic E-state index is 11.8. The first-order chi connectivity index (χ1) is 8.06. The molecule has 0 saturated carbocycles. The summed E-state index contributed by atoms with van der Waals surface area (Å²) in [7, 11) is 0. The Hall–Kier alpha value is -1.72. The second-order valence-electron chi connectivity index (χ2n) is 3.31. The average molecular weight is 271 g/mol. The molecule has 0 atom stereocenters. The molecule has 88 valence electrons. The van der Waals surface area contributed by atoms with Gasteiger partial charge in [-0.1, -0.05) is 23.2 Å². The van der Waals surface area contributed by atoms with Crippen LogP contribution in [-0.4, -0.2) is 16.1 Å². The van der Waals surface area contributed by atoms with Crippen molar-refractivity contribution in [3.05, 3.63) is 40.0 Å². The van der Waals surface area contributed by atoms with Crippen LogP contribution < -0.4 is 11.1 Å². The van der Waals surface area contributed by atoms with Gasteiger partial charge in [-0.3, -0.25) is 9.89 Å². The zero-order valence-electron chi connectivity index (χ0n) is 8.50. The van der Waals surface area contributed by atoms with Crippen LogP contribution in [0.5, 0.6) is 0 Å². The summed E-state index contributed by atoms with van der Waals surface area (Å²) in [5, 5.41) is 9.62. The van der Waals surface area contributed by atoms with Gasteiger partial charge in [-0.25, -0.2) is 0 Å². The lowest BCUT2D eigenvalue weighted by molar-refractivity contribution is 0.102. The highest BCUT2D eigenvalue weighted by molar-refractivity contribution is 6.35. The molecule has 2 aromatic rings. The van der Waals surface area contributed by atoms with Crippen molar-refractivity contribution in [3.63, 3.8) is 0 Å². The lowest BCUT2D eigenvalue weighted by atomic mass is 10.2. The fraction of sp³-hybridized carbons (Fsp3) is 0. The first-order valence-electron chi connectivity index (χ1n) is 4.62. The molecule has 5 nitrogen and oxygen atoms in total. The molecule has 1 amide bonds. The summed E-state index contributed by atoms with van der Waals surface area (Å²) in [6.45, 7) is 0. The number of carbonyl (C=O) groups excluding carboxylic acids is 1. The standard InChI is InChI=1S/C10H8Cl2N4O/c11-5-1-6(12)3-7(2-5)15-10(17)8-4-14-16-9(8)13/h1-4H,(H,15,17)(H3,13,14,16). The molecule has 17 heavy (non-hydrogen) atoms. The zero-order chi connectivity index (χ0) is 12.4. The number of hydrogen-bond donors (Lipinski definition) is 3. The number of halogens is 2. The third kappa shape index (κ3) is 2.69. The van der Waals surface area contributed by atoms with E-state index in [1.165, 1.54) is 6.20 Å². The summed E-state index contributed by atoms with van der Waals surface area (Å²) in [6, 6.07) is 4.74. The highest BCUT2D eigenvalue weighted by atomic mass is 35.5. The number of aromatic amines is 1. The van der Waals surface area contributed by atoms with Gasteiger partial charge < -0.3 is 11.1 Å². The minimum Gasteiger partial charge on any atom is -0.383 e. The molecule has 0 aliphatic carbocycles. The molecular formula is C10H8Cl2N4O. The third-order valence-electron chi connectivity index (χ3n) is 2.03. The quantitative estimate of drug-likeness (QED) is 0.784. The Balaban J connectivity index is 2.21. The predicted molar refractivity (Wildman–Crippen MR) is 67.4 cm³/mol. The SMILES string of the molecule is Nc1[nH]ncc1C(=O)Nc1cc(Cl)cc(Cl)c1. The van der Waals surface area contributed by atoms with Crippen LogP contribution in [0.4, 0.5) is 11.5 Å². The van der Waals surface area contributed by atoms with Crippen molar-refractivity contribution in [1.82, 2.24) is 10.2 Å². The molecule has 4 N–H and O–H groups in total. The minimum atomic E-state index is -0.380. The summed E-state index contributed by atoms with van der Waals surface area (Å²) < 4.78 is 0. The van der Waals surface area contributed by atoms with Gasteiger partial charge in [0.05, 0.1) is 6.20 Å². The van der Waals surface area contributed by atoms with Crippen molar-refractivity contribution >= 4 is 40.6 Å². The van der Waals surface area contributed by atoms with E-state index in [9.17, 15) is 4.79 Å². The Bertz CT molecular complexity index is 547. The van der Waals surface area contributed by atoms with E-state index in [0.717, 1.165) is 0 Å². The Kier molecular flexibility index (Phi) is 3.21. The van der Waals surface area contributed by atoms with E-state index in [1.54, 1.807) is 18.2 Å². The van der Waals surface area contributed by atoms with Crippen molar-refractivity contribution < 1.29 is 4.79 Å². The van der Waals surface area contributed by atoms with Gasteiger partial charge in [0, 0.05) is 15.7 Å². The van der Waals surface area contributed by atoms with Crippen LogP contribution in [0, 0.1) is 0 Å². The molecule has 0 aliphatic heterocycles. The van der Waals surface area contributed by atoms with Crippen LogP contribution in [0.3, 0.4) is 0 Å². The number of nitrogens with zero attached hydrogens (tertiary/aromatic N) is 1. The van der Waals surface area contributed by atoms with Gasteiger partial charge in [-0.05, 0) is 18.2 Å². The number of nitrogens with one attached hydrogen (secondary N) is 2. The van der Waals surface area contributed by atoms with Crippen molar-refractivity contribution in [3.8, 4) is 0 Å².